The number of piperidine rings is 1. The molecule has 0 saturated carbocycles. The molecule has 154 valence electrons. The normalized spacial score (nSPS) is 22.0. The molecule has 2 unspecified atom stereocenters. The maximum absolute atomic E-state index is 14.4. The topological polar surface area (TPSA) is 83.7 Å². The first kappa shape index (κ1) is 18.7. The molecule has 3 fully saturated rings. The van der Waals surface area contributed by atoms with Crippen LogP contribution in [0.3, 0.4) is 0 Å². The molecule has 6 rings (SSSR count). The van der Waals surface area contributed by atoms with Crippen molar-refractivity contribution in [2.45, 2.75) is 44.1 Å². The minimum Gasteiger partial charge on any atom is -0.428 e. The smallest absolute Gasteiger partial charge is 0.426 e. The van der Waals surface area contributed by atoms with Gasteiger partial charge in [0.2, 0.25) is 0 Å². The minimum atomic E-state index is -3.81. The summed E-state index contributed by atoms with van der Waals surface area (Å²) in [5.74, 6) is -0.151. The number of thiazole rings is 1. The van der Waals surface area contributed by atoms with Crippen LogP contribution < -0.4 is 15.0 Å². The number of hydrogen-bond donors (Lipinski definition) is 2. The van der Waals surface area contributed by atoms with Crippen molar-refractivity contribution in [1.29, 1.82) is 0 Å². The van der Waals surface area contributed by atoms with Crippen molar-refractivity contribution in [1.82, 2.24) is 15.3 Å². The summed E-state index contributed by atoms with van der Waals surface area (Å²) in [5, 5.41) is 15.1. The summed E-state index contributed by atoms with van der Waals surface area (Å²) in [5.41, 5.74) is 1.17. The Morgan fingerprint density at radius 3 is 2.66 bits per heavy atom. The third-order valence-corrected chi connectivity index (χ3v) is 5.93. The van der Waals surface area contributed by atoms with Crippen LogP contribution in [0.1, 0.15) is 20.3 Å². The zero-order chi connectivity index (χ0) is 20.4. The third-order valence-electron chi connectivity index (χ3n) is 5.35. The number of anilines is 1. The fourth-order valence-corrected chi connectivity index (χ4v) is 4.22. The molecule has 0 spiro atoms. The van der Waals surface area contributed by atoms with Gasteiger partial charge in [0.1, 0.15) is 0 Å². The Balaban J connectivity index is 1.60. The second kappa shape index (κ2) is 6.35. The molecule has 3 aliphatic rings. The second-order valence-corrected chi connectivity index (χ2v) is 8.76. The van der Waals surface area contributed by atoms with E-state index >= 15 is 0 Å². The van der Waals surface area contributed by atoms with E-state index in [0.717, 1.165) is 33.4 Å². The van der Waals surface area contributed by atoms with Crippen LogP contribution in [-0.4, -0.2) is 52.0 Å². The third kappa shape index (κ3) is 3.15. The van der Waals surface area contributed by atoms with E-state index in [1.165, 1.54) is 17.4 Å². The average Bonchev–Trinajstić information content (AvgIpc) is 3.30. The number of nitrogens with zero attached hydrogens (tertiary/aromatic N) is 3. The number of nitrogens with one attached hydrogen (secondary N) is 1. The van der Waals surface area contributed by atoms with Crippen LogP contribution in [0, 0.1) is 0 Å². The van der Waals surface area contributed by atoms with Crippen LogP contribution in [0.2, 0.25) is 0 Å². The molecule has 3 aromatic rings. The van der Waals surface area contributed by atoms with Gasteiger partial charge in [0.15, 0.2) is 22.5 Å². The molecule has 0 radical (unpaired) electrons. The number of piperazine rings is 1. The van der Waals surface area contributed by atoms with Gasteiger partial charge in [0, 0.05) is 36.1 Å². The van der Waals surface area contributed by atoms with Gasteiger partial charge in [0.25, 0.3) is 6.01 Å². The van der Waals surface area contributed by atoms with Crippen LogP contribution in [-0.2, 0) is 0 Å². The molecule has 10 heteroatoms. The summed E-state index contributed by atoms with van der Waals surface area (Å²) in [6.45, 7) is 3.47. The standard InChI is InChI=1S/C19H20F2N4O3S/c1-18(2,26)19(20,21)28-14-4-3-12(13-8-29-9-22-13)16-15(14)24-17(27-16)25-6-10-5-11(7-25)23-10/h3-4,8-11,23,26H,5-7H2,1-2H3. The predicted octanol–water partition coefficient (Wildman–Crippen LogP) is 3.24. The molecule has 5 heterocycles. The van der Waals surface area contributed by atoms with Gasteiger partial charge in [-0.15, -0.1) is 11.3 Å². The first-order chi connectivity index (χ1) is 13.7. The number of fused-ring (bicyclic) bond motifs is 3. The van der Waals surface area contributed by atoms with Gasteiger partial charge in [-0.05, 0) is 32.4 Å². The summed E-state index contributed by atoms with van der Waals surface area (Å²) in [7, 11) is 0. The molecule has 0 amide bonds. The van der Waals surface area contributed by atoms with Crippen molar-refractivity contribution < 1.29 is 23.0 Å². The quantitative estimate of drug-likeness (QED) is 0.653. The molecule has 2 aromatic heterocycles. The summed E-state index contributed by atoms with van der Waals surface area (Å²) in [6.07, 6.45) is -2.69. The van der Waals surface area contributed by atoms with Gasteiger partial charge >= 0.3 is 6.11 Å². The fraction of sp³-hybridized carbons (Fsp3) is 0.474. The van der Waals surface area contributed by atoms with E-state index in [4.69, 9.17) is 9.15 Å². The molecule has 3 saturated heterocycles. The lowest BCUT2D eigenvalue weighted by atomic mass is 9.92. The molecule has 2 N–H and O–H groups in total. The number of oxazole rings is 1. The molecular formula is C19H20F2N4O3S. The van der Waals surface area contributed by atoms with Crippen molar-refractivity contribution in [3.05, 3.63) is 23.0 Å². The number of halogens is 2. The Morgan fingerprint density at radius 2 is 2.03 bits per heavy atom. The number of hydrogen-bond acceptors (Lipinski definition) is 8. The van der Waals surface area contributed by atoms with Crippen molar-refractivity contribution in [2.24, 2.45) is 0 Å². The predicted molar refractivity (Wildman–Crippen MR) is 105 cm³/mol. The monoisotopic (exact) mass is 422 g/mol. The van der Waals surface area contributed by atoms with Gasteiger partial charge in [0.05, 0.1) is 11.2 Å². The maximum Gasteiger partial charge on any atom is 0.426 e. The first-order valence-corrected chi connectivity index (χ1v) is 10.3. The van der Waals surface area contributed by atoms with E-state index in [-0.39, 0.29) is 11.3 Å². The van der Waals surface area contributed by atoms with E-state index in [2.05, 4.69) is 15.3 Å². The molecule has 3 aliphatic heterocycles. The van der Waals surface area contributed by atoms with E-state index in [1.54, 1.807) is 11.6 Å². The van der Waals surface area contributed by atoms with Crippen LogP contribution in [0.15, 0.2) is 27.4 Å². The number of benzene rings is 1. The number of alkyl halides is 2. The summed E-state index contributed by atoms with van der Waals surface area (Å²) in [6, 6.07) is 4.18. The van der Waals surface area contributed by atoms with Crippen molar-refractivity contribution in [3.8, 4) is 17.0 Å². The van der Waals surface area contributed by atoms with E-state index in [1.807, 2.05) is 10.3 Å². The molecule has 29 heavy (non-hydrogen) atoms. The molecule has 0 aliphatic carbocycles. The maximum atomic E-state index is 14.4. The zero-order valence-electron chi connectivity index (χ0n) is 15.9. The van der Waals surface area contributed by atoms with Crippen molar-refractivity contribution in [2.75, 3.05) is 18.0 Å². The summed E-state index contributed by atoms with van der Waals surface area (Å²) in [4.78, 5) is 10.8. The summed E-state index contributed by atoms with van der Waals surface area (Å²) < 4.78 is 39.7. The van der Waals surface area contributed by atoms with Gasteiger partial charge in [-0.25, -0.2) is 4.98 Å². The average molecular weight is 422 g/mol. The Morgan fingerprint density at radius 1 is 1.31 bits per heavy atom. The Bertz CT molecular complexity index is 1030. The first-order valence-electron chi connectivity index (χ1n) is 9.33. The molecule has 1 aromatic carbocycles. The lowest BCUT2D eigenvalue weighted by Gasteiger charge is -2.47. The van der Waals surface area contributed by atoms with Gasteiger partial charge in [-0.3, -0.25) is 0 Å². The molecular weight excluding hydrogens is 402 g/mol. The van der Waals surface area contributed by atoms with Crippen molar-refractivity contribution >= 4 is 28.5 Å². The molecule has 2 bridgehead atoms. The molecule has 7 nitrogen and oxygen atoms in total. The number of ether oxygens (including phenoxy) is 1. The van der Waals surface area contributed by atoms with Crippen LogP contribution in [0.5, 0.6) is 5.75 Å². The van der Waals surface area contributed by atoms with Gasteiger partial charge in [-0.2, -0.15) is 13.8 Å². The Labute approximate surface area is 169 Å². The zero-order valence-corrected chi connectivity index (χ0v) is 16.7. The SMILES string of the molecule is CC(C)(O)C(F)(F)Oc1ccc(-c2cscn2)c2oc(N3CC4CC(C3)N4)nc12. The largest absolute Gasteiger partial charge is 0.428 e. The van der Waals surface area contributed by atoms with E-state index in [0.29, 0.717) is 34.9 Å². The van der Waals surface area contributed by atoms with Crippen LogP contribution >= 0.6 is 11.3 Å². The highest BCUT2D eigenvalue weighted by molar-refractivity contribution is 7.07. The lowest BCUT2D eigenvalue weighted by Crippen LogP contribution is -2.67. The second-order valence-electron chi connectivity index (χ2n) is 8.04. The molecule has 2 atom stereocenters. The highest BCUT2D eigenvalue weighted by Crippen LogP contribution is 2.41. The van der Waals surface area contributed by atoms with Crippen LogP contribution in [0.4, 0.5) is 14.8 Å². The van der Waals surface area contributed by atoms with E-state index in [9.17, 15) is 13.9 Å². The fourth-order valence-electron chi connectivity index (χ4n) is 3.67. The Kier molecular flexibility index (Phi) is 4.10. The van der Waals surface area contributed by atoms with E-state index < -0.39 is 11.7 Å². The minimum absolute atomic E-state index is 0.151. The highest BCUT2D eigenvalue weighted by atomic mass is 32.1. The van der Waals surface area contributed by atoms with Gasteiger partial charge < -0.3 is 24.5 Å². The Hall–Kier alpha value is -2.30. The lowest BCUT2D eigenvalue weighted by molar-refractivity contribution is -0.275. The number of aromatic nitrogens is 2. The summed E-state index contributed by atoms with van der Waals surface area (Å²) >= 11 is 1.43. The van der Waals surface area contributed by atoms with Gasteiger partial charge in [-0.1, -0.05) is 0 Å². The number of aliphatic hydroxyl groups is 1. The van der Waals surface area contributed by atoms with Crippen molar-refractivity contribution in [3.63, 3.8) is 0 Å². The number of rotatable bonds is 5. The highest BCUT2D eigenvalue weighted by Gasteiger charge is 2.49. The van der Waals surface area contributed by atoms with Crippen LogP contribution in [0.25, 0.3) is 22.4 Å².